The number of halogens is 1. The molecule has 3 aromatic rings. The third kappa shape index (κ3) is 5.71. The average Bonchev–Trinajstić information content (AvgIpc) is 3.43. The number of aliphatic hydroxyl groups is 1. The molecule has 0 spiro atoms. The van der Waals surface area contributed by atoms with Crippen molar-refractivity contribution in [1.29, 1.82) is 0 Å². The number of carbonyl (C=O) groups excluding carboxylic acids is 1. The summed E-state index contributed by atoms with van der Waals surface area (Å²) in [5.74, 6) is 1.94. The molecule has 0 saturated carbocycles. The maximum atomic E-state index is 11.2. The van der Waals surface area contributed by atoms with Crippen LogP contribution in [-0.4, -0.2) is 52.7 Å². The van der Waals surface area contributed by atoms with Crippen LogP contribution in [0.25, 0.3) is 5.57 Å². The molecule has 8 heteroatoms. The highest BCUT2D eigenvalue weighted by Crippen LogP contribution is 2.44. The molecule has 0 bridgehead atoms. The normalized spacial score (nSPS) is 22.1. The number of nitrogens with zero attached hydrogens (tertiary/aromatic N) is 3. The first kappa shape index (κ1) is 27.3. The summed E-state index contributed by atoms with van der Waals surface area (Å²) in [4.78, 5) is 18.4. The van der Waals surface area contributed by atoms with Gasteiger partial charge in [-0.25, -0.2) is 0 Å². The van der Waals surface area contributed by atoms with Gasteiger partial charge >= 0.3 is 0 Å². The first-order valence-electron chi connectivity index (χ1n) is 13.4. The second-order valence-corrected chi connectivity index (χ2v) is 11.0. The predicted octanol–water partition coefficient (Wildman–Crippen LogP) is 5.65. The van der Waals surface area contributed by atoms with E-state index in [4.69, 9.17) is 25.8 Å². The van der Waals surface area contributed by atoms with Crippen molar-refractivity contribution in [2.75, 3.05) is 26.3 Å². The molecule has 0 amide bonds. The van der Waals surface area contributed by atoms with Crippen LogP contribution in [0.2, 0.25) is 5.02 Å². The van der Waals surface area contributed by atoms with Crippen LogP contribution in [-0.2, 0) is 12.0 Å². The van der Waals surface area contributed by atoms with Gasteiger partial charge in [-0.3, -0.25) is 9.69 Å². The second-order valence-electron chi connectivity index (χ2n) is 10.6. The summed E-state index contributed by atoms with van der Waals surface area (Å²) >= 11 is 6.45. The molecule has 204 valence electrons. The molecule has 0 radical (unpaired) electrons. The molecule has 2 heterocycles. The molecule has 2 aliphatic rings. The van der Waals surface area contributed by atoms with Crippen LogP contribution in [0.5, 0.6) is 5.75 Å². The van der Waals surface area contributed by atoms with Crippen molar-refractivity contribution in [2.45, 2.75) is 38.6 Å². The van der Waals surface area contributed by atoms with E-state index in [0.29, 0.717) is 40.5 Å². The number of hydrogen-bond donors (Lipinski definition) is 1. The zero-order valence-corrected chi connectivity index (χ0v) is 23.1. The summed E-state index contributed by atoms with van der Waals surface area (Å²) in [6, 6.07) is 13.3. The minimum absolute atomic E-state index is 0.0395. The van der Waals surface area contributed by atoms with Gasteiger partial charge < -0.3 is 14.4 Å². The smallest absolute Gasteiger partial charge is 0.240 e. The standard InChI is InChI=1S/C31H34ClN3O4/c1-21-6-3-4-7-25(21)26-8-5-13-31(22(26)2,20-38-28-10-9-24(19-37)16-27(28)32)30-33-29(39-34-30)17-35-14-11-23(18-36)12-15-35/h3-10,13,16,19,22-23,36H,11-12,14-15,17-18,20H2,1-2H3. The van der Waals surface area contributed by atoms with Crippen molar-refractivity contribution in [3.8, 4) is 5.75 Å². The first-order chi connectivity index (χ1) is 18.9. The van der Waals surface area contributed by atoms with E-state index in [-0.39, 0.29) is 19.1 Å². The summed E-state index contributed by atoms with van der Waals surface area (Å²) in [7, 11) is 0. The van der Waals surface area contributed by atoms with Crippen LogP contribution in [0.3, 0.4) is 0 Å². The number of rotatable bonds is 9. The summed E-state index contributed by atoms with van der Waals surface area (Å²) in [6.07, 6.45) is 8.96. The molecule has 7 nitrogen and oxygen atoms in total. The first-order valence-corrected chi connectivity index (χ1v) is 13.8. The Labute approximate surface area is 234 Å². The van der Waals surface area contributed by atoms with E-state index in [0.717, 1.165) is 32.2 Å². The lowest BCUT2D eigenvalue weighted by Gasteiger charge is -2.37. The van der Waals surface area contributed by atoms with Crippen LogP contribution in [0.1, 0.15) is 53.0 Å². The van der Waals surface area contributed by atoms with Crippen molar-refractivity contribution < 1.29 is 19.2 Å². The SMILES string of the molecule is Cc1ccccc1C1=CC=CC(COc2ccc(C=O)cc2Cl)(c2noc(CN3CCC(CO)CC3)n2)C1C. The summed E-state index contributed by atoms with van der Waals surface area (Å²) in [5.41, 5.74) is 3.29. The molecule has 2 atom stereocenters. The van der Waals surface area contributed by atoms with Crippen LogP contribution in [0.4, 0.5) is 0 Å². The largest absolute Gasteiger partial charge is 0.491 e. The number of aryl methyl sites for hydroxylation is 1. The van der Waals surface area contributed by atoms with Crippen molar-refractivity contribution >= 4 is 23.5 Å². The van der Waals surface area contributed by atoms with Crippen molar-refractivity contribution in [1.82, 2.24) is 15.0 Å². The number of ether oxygens (including phenoxy) is 1. The molecule has 1 N–H and O–H groups in total. The number of benzene rings is 2. The molecule has 1 saturated heterocycles. The summed E-state index contributed by atoms with van der Waals surface area (Å²) < 4.78 is 12.1. The number of aliphatic hydroxyl groups excluding tert-OH is 1. The molecule has 1 aliphatic heterocycles. The second kappa shape index (κ2) is 11.9. The maximum Gasteiger partial charge on any atom is 0.240 e. The maximum absolute atomic E-state index is 11.2. The summed E-state index contributed by atoms with van der Waals surface area (Å²) in [6.45, 7) is 7.10. The van der Waals surface area contributed by atoms with Gasteiger partial charge in [0.25, 0.3) is 0 Å². The number of aldehydes is 1. The fraction of sp³-hybridized carbons (Fsp3) is 0.387. The molecule has 1 aliphatic carbocycles. The van der Waals surface area contributed by atoms with Crippen LogP contribution < -0.4 is 4.74 Å². The molecular formula is C31H34ClN3O4. The van der Waals surface area contributed by atoms with Gasteiger partial charge in [-0.15, -0.1) is 0 Å². The lowest BCUT2D eigenvalue weighted by molar-refractivity contribution is 0.112. The van der Waals surface area contributed by atoms with Gasteiger partial charge in [0.1, 0.15) is 18.6 Å². The molecule has 5 rings (SSSR count). The number of aromatic nitrogens is 2. The third-order valence-electron chi connectivity index (χ3n) is 8.13. The van der Waals surface area contributed by atoms with E-state index >= 15 is 0 Å². The highest BCUT2D eigenvalue weighted by Gasteiger charge is 2.45. The van der Waals surface area contributed by atoms with Crippen LogP contribution >= 0.6 is 11.6 Å². The lowest BCUT2D eigenvalue weighted by Crippen LogP contribution is -2.41. The van der Waals surface area contributed by atoms with Gasteiger partial charge in [0, 0.05) is 18.1 Å². The Morgan fingerprint density at radius 1 is 1.23 bits per heavy atom. The van der Waals surface area contributed by atoms with Gasteiger partial charge in [-0.05, 0) is 73.7 Å². The Morgan fingerprint density at radius 2 is 2.03 bits per heavy atom. The number of carbonyl (C=O) groups is 1. The van der Waals surface area contributed by atoms with E-state index in [2.05, 4.69) is 48.2 Å². The van der Waals surface area contributed by atoms with E-state index in [9.17, 15) is 9.90 Å². The Bertz CT molecular complexity index is 1380. The Balaban J connectivity index is 1.45. The lowest BCUT2D eigenvalue weighted by atomic mass is 9.68. The fourth-order valence-electron chi connectivity index (χ4n) is 5.55. The molecular weight excluding hydrogens is 514 g/mol. The molecule has 39 heavy (non-hydrogen) atoms. The van der Waals surface area contributed by atoms with E-state index in [1.165, 1.54) is 16.7 Å². The Kier molecular flexibility index (Phi) is 8.31. The quantitative estimate of drug-likeness (QED) is 0.346. The zero-order valence-electron chi connectivity index (χ0n) is 22.3. The highest BCUT2D eigenvalue weighted by atomic mass is 35.5. The minimum atomic E-state index is -0.718. The number of allylic oxidation sites excluding steroid dienone is 3. The van der Waals surface area contributed by atoms with Gasteiger partial charge in [-0.1, -0.05) is 66.2 Å². The van der Waals surface area contributed by atoms with E-state index in [1.807, 2.05) is 18.2 Å². The van der Waals surface area contributed by atoms with Crippen molar-refractivity contribution in [3.63, 3.8) is 0 Å². The fourth-order valence-corrected chi connectivity index (χ4v) is 5.79. The monoisotopic (exact) mass is 547 g/mol. The average molecular weight is 548 g/mol. The number of piperidine rings is 1. The van der Waals surface area contributed by atoms with Crippen molar-refractivity contribution in [2.24, 2.45) is 11.8 Å². The van der Waals surface area contributed by atoms with Crippen LogP contribution in [0.15, 0.2) is 65.2 Å². The minimum Gasteiger partial charge on any atom is -0.491 e. The predicted molar refractivity (Wildman–Crippen MR) is 151 cm³/mol. The van der Waals surface area contributed by atoms with Gasteiger partial charge in [0.2, 0.25) is 5.89 Å². The molecule has 1 fully saturated rings. The zero-order chi connectivity index (χ0) is 27.4. The number of hydrogen-bond acceptors (Lipinski definition) is 7. The molecule has 2 aromatic carbocycles. The van der Waals surface area contributed by atoms with Crippen LogP contribution in [0, 0.1) is 18.8 Å². The van der Waals surface area contributed by atoms with E-state index < -0.39 is 5.41 Å². The van der Waals surface area contributed by atoms with Gasteiger partial charge in [0.05, 0.1) is 17.0 Å². The Morgan fingerprint density at radius 3 is 2.74 bits per heavy atom. The third-order valence-corrected chi connectivity index (χ3v) is 8.43. The highest BCUT2D eigenvalue weighted by molar-refractivity contribution is 6.32. The summed E-state index contributed by atoms with van der Waals surface area (Å²) in [5, 5.41) is 14.3. The van der Waals surface area contributed by atoms with Gasteiger partial charge in [0.15, 0.2) is 5.82 Å². The number of likely N-dealkylation sites (tertiary alicyclic amines) is 1. The van der Waals surface area contributed by atoms with Gasteiger partial charge in [-0.2, -0.15) is 4.98 Å². The molecule has 2 unspecified atom stereocenters. The van der Waals surface area contributed by atoms with Crippen molar-refractivity contribution in [3.05, 3.63) is 94.1 Å². The Hall–Kier alpha value is -3.26. The topological polar surface area (TPSA) is 88.7 Å². The molecule has 1 aromatic heterocycles. The van der Waals surface area contributed by atoms with E-state index in [1.54, 1.807) is 18.2 Å².